The van der Waals surface area contributed by atoms with Crippen LogP contribution in [0.5, 0.6) is 0 Å². The highest BCUT2D eigenvalue weighted by molar-refractivity contribution is 5.96. The Balaban J connectivity index is 1.49. The Morgan fingerprint density at radius 2 is 0.936 bits per heavy atom. The minimum Gasteiger partial charge on any atom is -0.632 e. The van der Waals surface area contributed by atoms with E-state index in [4.69, 9.17) is 0 Å². The molecule has 2 N–H and O–H groups in total. The van der Waals surface area contributed by atoms with Crippen molar-refractivity contribution >= 4 is 23.2 Å². The van der Waals surface area contributed by atoms with Crippen molar-refractivity contribution in [3.63, 3.8) is 0 Å². The summed E-state index contributed by atoms with van der Waals surface area (Å²) >= 11 is 0. The first-order chi connectivity index (χ1) is 22.2. The van der Waals surface area contributed by atoms with E-state index >= 15 is 0 Å². The van der Waals surface area contributed by atoms with Crippen molar-refractivity contribution in [2.24, 2.45) is 0 Å². The zero-order valence-electron chi connectivity index (χ0n) is 30.2. The third kappa shape index (κ3) is 8.45. The van der Waals surface area contributed by atoms with Gasteiger partial charge in [0.25, 0.3) is 11.8 Å². The van der Waals surface area contributed by atoms with Crippen LogP contribution in [0.4, 0.5) is 11.4 Å². The summed E-state index contributed by atoms with van der Waals surface area (Å²) in [7, 11) is 0. The number of nitrogens with one attached hydrogen (secondary N) is 2. The van der Waals surface area contributed by atoms with E-state index in [2.05, 4.69) is 90.3 Å². The number of amides is 2. The van der Waals surface area contributed by atoms with E-state index in [9.17, 15) is 20.0 Å². The highest BCUT2D eigenvalue weighted by Gasteiger charge is 2.41. The fourth-order valence-corrected chi connectivity index (χ4v) is 7.85. The second kappa shape index (κ2) is 15.6. The first kappa shape index (κ1) is 37.0. The molecule has 47 heavy (non-hydrogen) atoms. The largest absolute Gasteiger partial charge is 0.632 e. The lowest BCUT2D eigenvalue weighted by atomic mass is 9.92. The van der Waals surface area contributed by atoms with Gasteiger partial charge in [-0.1, -0.05) is 91.8 Å². The van der Waals surface area contributed by atoms with E-state index in [0.29, 0.717) is 32.4 Å². The molecule has 8 heteroatoms. The molecule has 4 rings (SSSR count). The van der Waals surface area contributed by atoms with E-state index in [1.807, 2.05) is 12.1 Å². The Morgan fingerprint density at radius 3 is 1.23 bits per heavy atom. The van der Waals surface area contributed by atoms with Crippen LogP contribution in [0.15, 0.2) is 36.4 Å². The molecule has 2 aromatic rings. The molecular weight excluding hydrogens is 588 g/mol. The van der Waals surface area contributed by atoms with Crippen molar-refractivity contribution in [3.05, 3.63) is 69.1 Å². The van der Waals surface area contributed by atoms with Crippen molar-refractivity contribution in [1.82, 2.24) is 0 Å². The molecule has 2 aliphatic heterocycles. The van der Waals surface area contributed by atoms with Crippen molar-refractivity contribution in [2.75, 3.05) is 36.8 Å². The Bertz CT molecular complexity index is 1230. The maximum atomic E-state index is 14.4. The lowest BCUT2D eigenvalue weighted by Gasteiger charge is -2.53. The van der Waals surface area contributed by atoms with Crippen LogP contribution in [0, 0.1) is 10.4 Å². The molecule has 8 nitrogen and oxygen atoms in total. The minimum absolute atomic E-state index is 0.200. The van der Waals surface area contributed by atoms with Crippen LogP contribution in [0.1, 0.15) is 146 Å². The fraction of sp³-hybridized carbons (Fsp3) is 0.641. The number of quaternary nitrogens is 2. The number of carbonyl (C=O) groups is 2. The normalized spacial score (nSPS) is 25.1. The van der Waals surface area contributed by atoms with Gasteiger partial charge in [-0.2, -0.15) is 0 Å². The average Bonchev–Trinajstić information content (AvgIpc) is 3.00. The molecule has 2 heterocycles. The molecule has 4 unspecified atom stereocenters. The van der Waals surface area contributed by atoms with Gasteiger partial charge in [-0.25, -0.2) is 0 Å². The maximum Gasteiger partial charge on any atom is 0.283 e. The van der Waals surface area contributed by atoms with Crippen molar-refractivity contribution in [3.8, 4) is 0 Å². The molecule has 2 aromatic carbocycles. The standard InChI is InChI=1S/C39H60N4O4/c1-26(2)30-16-13-17-31(27(3)4)36(30)40-38(44)34-20-9-11-22-42(34,46)24-15-25-43(47)23-12-10-21-35(43)39(45)41-37-32(28(5)6)18-14-19-33(37)29(7)8/h13-14,16-19,26-29,34-35H,9-12,15,20-25H2,1-8H3,(H,40,44)(H,41,45). The van der Waals surface area contributed by atoms with Gasteiger partial charge in [0.1, 0.15) is 0 Å². The summed E-state index contributed by atoms with van der Waals surface area (Å²) in [5.74, 6) is 0.462. The van der Waals surface area contributed by atoms with Crippen LogP contribution in [0.25, 0.3) is 0 Å². The monoisotopic (exact) mass is 648 g/mol. The van der Waals surface area contributed by atoms with Gasteiger partial charge >= 0.3 is 0 Å². The summed E-state index contributed by atoms with van der Waals surface area (Å²) in [5, 5.41) is 35.3. The maximum absolute atomic E-state index is 14.4. The number of piperidine rings is 2. The molecule has 0 spiro atoms. The number of anilines is 2. The number of nitrogens with zero attached hydrogens (tertiary/aromatic N) is 2. The van der Waals surface area contributed by atoms with Crippen molar-refractivity contribution in [1.29, 1.82) is 0 Å². The molecule has 4 atom stereocenters. The first-order valence-corrected chi connectivity index (χ1v) is 18.2. The molecule has 0 radical (unpaired) electrons. The minimum atomic E-state index is -0.716. The van der Waals surface area contributed by atoms with Crippen LogP contribution in [0.3, 0.4) is 0 Å². The van der Waals surface area contributed by atoms with Gasteiger partial charge in [-0.3, -0.25) is 9.59 Å². The van der Waals surface area contributed by atoms with Crippen molar-refractivity contribution in [2.45, 2.75) is 136 Å². The van der Waals surface area contributed by atoms with E-state index in [1.54, 1.807) is 0 Å². The van der Waals surface area contributed by atoms with Gasteiger partial charge in [0, 0.05) is 30.6 Å². The smallest absolute Gasteiger partial charge is 0.283 e. The molecule has 2 amide bonds. The number of hydrogen-bond acceptors (Lipinski definition) is 4. The molecule has 260 valence electrons. The van der Waals surface area contributed by atoms with Crippen LogP contribution in [0.2, 0.25) is 0 Å². The second-order valence-electron chi connectivity index (χ2n) is 15.4. The van der Waals surface area contributed by atoms with Crippen LogP contribution in [-0.2, 0) is 9.59 Å². The lowest BCUT2D eigenvalue weighted by molar-refractivity contribution is -0.919. The Labute approximate surface area is 283 Å². The zero-order chi connectivity index (χ0) is 34.5. The lowest BCUT2D eigenvalue weighted by Crippen LogP contribution is -2.61. The quantitative estimate of drug-likeness (QED) is 0.177. The van der Waals surface area contributed by atoms with Gasteiger partial charge < -0.3 is 30.3 Å². The van der Waals surface area contributed by atoms with Gasteiger partial charge in [-0.05, 0) is 71.6 Å². The zero-order valence-corrected chi connectivity index (χ0v) is 30.2. The van der Waals surface area contributed by atoms with E-state index < -0.39 is 21.4 Å². The molecule has 0 aromatic heterocycles. The highest BCUT2D eigenvalue weighted by atomic mass is 16.6. The molecule has 2 saturated heterocycles. The van der Waals surface area contributed by atoms with Gasteiger partial charge in [0.2, 0.25) is 0 Å². The summed E-state index contributed by atoms with van der Waals surface area (Å²) in [5.41, 5.74) is 5.98. The number of hydroxylamine groups is 6. The fourth-order valence-electron chi connectivity index (χ4n) is 7.85. The molecule has 0 saturated carbocycles. The Hall–Kier alpha value is -2.78. The SMILES string of the molecule is CC(C)c1cccc(C(C)C)c1NC(=O)C1CCCC[N+]1([O-])CCC[N+]1([O-])CCCCC1C(=O)Nc1c(C(C)C)cccc1C(C)C. The summed E-state index contributed by atoms with van der Waals surface area (Å²) in [6.07, 6.45) is 4.65. The number of benzene rings is 2. The summed E-state index contributed by atoms with van der Waals surface area (Å²) in [6, 6.07) is 10.9. The average molecular weight is 649 g/mol. The molecular formula is C39H60N4O4. The van der Waals surface area contributed by atoms with E-state index in [0.717, 1.165) is 59.3 Å². The van der Waals surface area contributed by atoms with Gasteiger partial charge in [0.15, 0.2) is 12.1 Å². The summed E-state index contributed by atoms with van der Waals surface area (Å²) < 4.78 is -1.22. The molecule has 2 fully saturated rings. The van der Waals surface area contributed by atoms with Crippen LogP contribution < -0.4 is 10.6 Å². The molecule has 0 bridgehead atoms. The second-order valence-corrected chi connectivity index (χ2v) is 15.4. The van der Waals surface area contributed by atoms with Crippen molar-refractivity contribution < 1.29 is 18.9 Å². The predicted octanol–water partition coefficient (Wildman–Crippen LogP) is 8.88. The third-order valence-electron chi connectivity index (χ3n) is 10.6. The number of hydrogen-bond donors (Lipinski definition) is 2. The van der Waals surface area contributed by atoms with Crippen LogP contribution >= 0.6 is 0 Å². The van der Waals surface area contributed by atoms with Crippen LogP contribution in [-0.4, -0.2) is 59.4 Å². The molecule has 2 aliphatic rings. The van der Waals surface area contributed by atoms with Gasteiger partial charge in [0.05, 0.1) is 26.2 Å². The van der Waals surface area contributed by atoms with E-state index in [1.165, 1.54) is 0 Å². The third-order valence-corrected chi connectivity index (χ3v) is 10.6. The Kier molecular flexibility index (Phi) is 12.3. The molecule has 0 aliphatic carbocycles. The number of para-hydroxylation sites is 2. The number of likely N-dealkylation sites (tertiary alicyclic amines) is 2. The topological polar surface area (TPSA) is 104 Å². The predicted molar refractivity (Wildman–Crippen MR) is 193 cm³/mol. The number of carbonyl (C=O) groups excluding carboxylic acids is 2. The summed E-state index contributed by atoms with van der Waals surface area (Å²) in [4.78, 5) is 27.8. The Morgan fingerprint density at radius 1 is 0.617 bits per heavy atom. The summed E-state index contributed by atoms with van der Waals surface area (Å²) in [6.45, 7) is 18.1. The first-order valence-electron chi connectivity index (χ1n) is 18.2. The van der Waals surface area contributed by atoms with E-state index in [-0.39, 0.29) is 48.6 Å². The highest BCUT2D eigenvalue weighted by Crippen LogP contribution is 2.36. The van der Waals surface area contributed by atoms with Gasteiger partial charge in [-0.15, -0.1) is 0 Å². The number of rotatable bonds is 12.